The molecule has 0 aromatic heterocycles. The molecule has 0 saturated carbocycles. The Kier molecular flexibility index (Phi) is 4.41. The summed E-state index contributed by atoms with van der Waals surface area (Å²) in [7, 11) is 0. The number of rotatable bonds is 5. The number of para-hydroxylation sites is 1. The topological polar surface area (TPSA) is 27.3 Å². The number of unbranched alkanes of at least 4 members (excludes halogenated alkanes) is 1. The fourth-order valence-corrected chi connectivity index (χ4v) is 3.16. The molecule has 1 atom stereocenters. The van der Waals surface area contributed by atoms with E-state index in [2.05, 4.69) is 54.1 Å². The highest BCUT2D eigenvalue weighted by molar-refractivity contribution is 7.80. The third-order valence-electron chi connectivity index (χ3n) is 4.01. The minimum absolute atomic E-state index is 0.329. The lowest BCUT2D eigenvalue weighted by Crippen LogP contribution is -2.48. The number of hydrogen-bond donors (Lipinski definition) is 2. The normalized spacial score (nSPS) is 21.0. The van der Waals surface area contributed by atoms with Crippen LogP contribution in [0.1, 0.15) is 31.7 Å². The third kappa shape index (κ3) is 2.85. The van der Waals surface area contributed by atoms with Crippen LogP contribution in [0, 0.1) is 0 Å². The fraction of sp³-hybridized carbons (Fsp3) is 0.278. The first-order valence-electron chi connectivity index (χ1n) is 7.76. The molecule has 0 spiro atoms. The zero-order valence-corrected chi connectivity index (χ0v) is 13.6. The Morgan fingerprint density at radius 2 is 1.64 bits per heavy atom. The molecule has 1 fully saturated rings. The van der Waals surface area contributed by atoms with Crippen LogP contribution in [0.5, 0.6) is 0 Å². The molecule has 0 radical (unpaired) electrons. The number of hydrazine groups is 1. The van der Waals surface area contributed by atoms with Crippen LogP contribution in [0.15, 0.2) is 60.7 Å². The lowest BCUT2D eigenvalue weighted by atomic mass is 9.94. The Hall–Kier alpha value is -1.91. The van der Waals surface area contributed by atoms with Crippen LogP contribution in [0.2, 0.25) is 0 Å². The van der Waals surface area contributed by atoms with Gasteiger partial charge in [0, 0.05) is 0 Å². The van der Waals surface area contributed by atoms with Gasteiger partial charge >= 0.3 is 0 Å². The van der Waals surface area contributed by atoms with Crippen molar-refractivity contribution in [1.82, 2.24) is 10.7 Å². The summed E-state index contributed by atoms with van der Waals surface area (Å²) in [6, 6.07) is 20.6. The quantitative estimate of drug-likeness (QED) is 0.818. The number of benzene rings is 2. The Morgan fingerprint density at radius 1 is 1.00 bits per heavy atom. The molecule has 114 valence electrons. The predicted octanol–water partition coefficient (Wildman–Crippen LogP) is 3.93. The minimum atomic E-state index is -0.329. The van der Waals surface area contributed by atoms with Gasteiger partial charge < -0.3 is 5.32 Å². The zero-order valence-electron chi connectivity index (χ0n) is 12.8. The van der Waals surface area contributed by atoms with Crippen LogP contribution >= 0.6 is 12.2 Å². The molecule has 2 aromatic carbocycles. The molecule has 0 amide bonds. The van der Waals surface area contributed by atoms with Crippen molar-refractivity contribution >= 4 is 23.0 Å². The van der Waals surface area contributed by atoms with Crippen LogP contribution in [-0.2, 0) is 5.66 Å². The number of thiocarbonyl (C=S) groups is 1. The molecule has 1 aliphatic heterocycles. The van der Waals surface area contributed by atoms with Gasteiger partial charge in [-0.15, -0.1) is 0 Å². The summed E-state index contributed by atoms with van der Waals surface area (Å²) in [5.41, 5.74) is 5.54. The largest absolute Gasteiger partial charge is 0.338 e. The van der Waals surface area contributed by atoms with Crippen molar-refractivity contribution < 1.29 is 0 Å². The lowest BCUT2D eigenvalue weighted by molar-refractivity contribution is 0.313. The molecule has 0 bridgehead atoms. The second-order valence-corrected chi connectivity index (χ2v) is 5.97. The van der Waals surface area contributed by atoms with Crippen molar-refractivity contribution in [2.45, 2.75) is 31.8 Å². The summed E-state index contributed by atoms with van der Waals surface area (Å²) >= 11 is 5.57. The van der Waals surface area contributed by atoms with Crippen molar-refractivity contribution in [1.29, 1.82) is 0 Å². The SMILES string of the molecule is CCCCC1(c2ccccc2)NC(=S)N(c2ccccc2)N1. The van der Waals surface area contributed by atoms with Gasteiger partial charge in [0.1, 0.15) is 5.66 Å². The van der Waals surface area contributed by atoms with Crippen molar-refractivity contribution in [3.05, 3.63) is 66.2 Å². The van der Waals surface area contributed by atoms with E-state index in [0.29, 0.717) is 5.11 Å². The maximum absolute atomic E-state index is 5.57. The monoisotopic (exact) mass is 311 g/mol. The number of nitrogens with zero attached hydrogens (tertiary/aromatic N) is 1. The molecule has 2 aromatic rings. The minimum Gasteiger partial charge on any atom is -0.338 e. The molecular weight excluding hydrogens is 290 g/mol. The molecule has 22 heavy (non-hydrogen) atoms. The highest BCUT2D eigenvalue weighted by Gasteiger charge is 2.41. The summed E-state index contributed by atoms with van der Waals surface area (Å²) in [5, 5.41) is 6.20. The maximum Gasteiger partial charge on any atom is 0.190 e. The molecule has 1 unspecified atom stereocenters. The predicted molar refractivity (Wildman–Crippen MR) is 95.4 cm³/mol. The van der Waals surface area contributed by atoms with Gasteiger partial charge in [-0.05, 0) is 42.8 Å². The molecule has 0 aliphatic carbocycles. The van der Waals surface area contributed by atoms with E-state index in [0.717, 1.165) is 24.9 Å². The summed E-state index contributed by atoms with van der Waals surface area (Å²) in [6.07, 6.45) is 3.26. The molecular formula is C18H21N3S. The molecule has 4 heteroatoms. The van der Waals surface area contributed by atoms with Crippen LogP contribution in [0.25, 0.3) is 0 Å². The maximum atomic E-state index is 5.57. The van der Waals surface area contributed by atoms with E-state index in [-0.39, 0.29) is 5.66 Å². The summed E-state index contributed by atoms with van der Waals surface area (Å²) < 4.78 is 0. The highest BCUT2D eigenvalue weighted by Crippen LogP contribution is 2.31. The average Bonchev–Trinajstić information content (AvgIpc) is 2.93. The van der Waals surface area contributed by atoms with E-state index in [1.165, 1.54) is 5.56 Å². The van der Waals surface area contributed by atoms with Crippen LogP contribution in [-0.4, -0.2) is 5.11 Å². The van der Waals surface area contributed by atoms with E-state index < -0.39 is 0 Å². The zero-order chi connectivity index (χ0) is 15.4. The van der Waals surface area contributed by atoms with E-state index in [9.17, 15) is 0 Å². The summed E-state index contributed by atoms with van der Waals surface area (Å²) in [5.74, 6) is 0. The molecule has 1 heterocycles. The van der Waals surface area contributed by atoms with Crippen molar-refractivity contribution in [2.24, 2.45) is 0 Å². The van der Waals surface area contributed by atoms with Crippen LogP contribution in [0.3, 0.4) is 0 Å². The van der Waals surface area contributed by atoms with Crippen molar-refractivity contribution in [3.8, 4) is 0 Å². The van der Waals surface area contributed by atoms with Gasteiger partial charge in [-0.2, -0.15) is 5.43 Å². The van der Waals surface area contributed by atoms with Crippen molar-refractivity contribution in [3.63, 3.8) is 0 Å². The first-order valence-corrected chi connectivity index (χ1v) is 8.17. The lowest BCUT2D eigenvalue weighted by Gasteiger charge is -2.30. The summed E-state index contributed by atoms with van der Waals surface area (Å²) in [4.78, 5) is 0. The van der Waals surface area contributed by atoms with Gasteiger partial charge in [-0.3, -0.25) is 0 Å². The Labute approximate surface area is 137 Å². The van der Waals surface area contributed by atoms with Gasteiger partial charge in [0.05, 0.1) is 5.69 Å². The Balaban J connectivity index is 1.94. The molecule has 1 aliphatic rings. The van der Waals surface area contributed by atoms with Crippen LogP contribution < -0.4 is 15.8 Å². The van der Waals surface area contributed by atoms with E-state index in [1.807, 2.05) is 29.3 Å². The first kappa shape index (κ1) is 15.0. The van der Waals surface area contributed by atoms with E-state index >= 15 is 0 Å². The number of hydrogen-bond acceptors (Lipinski definition) is 2. The van der Waals surface area contributed by atoms with Gasteiger partial charge in [0.2, 0.25) is 0 Å². The van der Waals surface area contributed by atoms with Gasteiger partial charge in [-0.1, -0.05) is 61.9 Å². The van der Waals surface area contributed by atoms with Crippen molar-refractivity contribution in [2.75, 3.05) is 5.01 Å². The summed E-state index contributed by atoms with van der Waals surface area (Å²) in [6.45, 7) is 2.21. The highest BCUT2D eigenvalue weighted by atomic mass is 32.1. The molecule has 2 N–H and O–H groups in total. The fourth-order valence-electron chi connectivity index (χ4n) is 2.83. The third-order valence-corrected chi connectivity index (χ3v) is 4.30. The smallest absolute Gasteiger partial charge is 0.190 e. The number of nitrogens with one attached hydrogen (secondary N) is 2. The first-order chi connectivity index (χ1) is 10.7. The molecule has 3 nitrogen and oxygen atoms in total. The standard InChI is InChI=1S/C18H21N3S/c1-2-3-14-18(15-10-6-4-7-11-15)19-17(22)21(20-18)16-12-8-5-9-13-16/h4-13,20H,2-3,14H2,1H3,(H,19,22). The Morgan fingerprint density at radius 3 is 2.27 bits per heavy atom. The van der Waals surface area contributed by atoms with Crippen LogP contribution in [0.4, 0.5) is 5.69 Å². The Bertz CT molecular complexity index is 629. The molecule has 3 rings (SSSR count). The second-order valence-electron chi connectivity index (χ2n) is 5.59. The van der Waals surface area contributed by atoms with E-state index in [1.54, 1.807) is 0 Å². The second kappa shape index (κ2) is 6.46. The molecule has 1 saturated heterocycles. The average molecular weight is 311 g/mol. The number of anilines is 1. The van der Waals surface area contributed by atoms with Gasteiger partial charge in [0.15, 0.2) is 5.11 Å². The van der Waals surface area contributed by atoms with Gasteiger partial charge in [-0.25, -0.2) is 5.01 Å². The van der Waals surface area contributed by atoms with Gasteiger partial charge in [0.25, 0.3) is 0 Å². The van der Waals surface area contributed by atoms with E-state index in [4.69, 9.17) is 12.2 Å².